The second-order valence-corrected chi connectivity index (χ2v) is 6.58. The van der Waals surface area contributed by atoms with Crippen molar-refractivity contribution in [3.8, 4) is 11.4 Å². The van der Waals surface area contributed by atoms with Gasteiger partial charge in [-0.3, -0.25) is 9.89 Å². The summed E-state index contributed by atoms with van der Waals surface area (Å²) in [5, 5.41) is 10.2. The van der Waals surface area contributed by atoms with Crippen LogP contribution in [0.4, 0.5) is 0 Å². The number of amides is 1. The van der Waals surface area contributed by atoms with Gasteiger partial charge in [-0.1, -0.05) is 0 Å². The first kappa shape index (κ1) is 15.4. The van der Waals surface area contributed by atoms with E-state index >= 15 is 0 Å². The Balaban J connectivity index is 1.47. The number of hydrogen-bond acceptors (Lipinski definition) is 4. The van der Waals surface area contributed by atoms with E-state index in [4.69, 9.17) is 9.47 Å². The minimum atomic E-state index is -0.126. The Morgan fingerprint density at radius 2 is 2.46 bits per heavy atom. The lowest BCUT2D eigenvalue weighted by molar-refractivity contribution is -0.0810. The zero-order valence-corrected chi connectivity index (χ0v) is 13.9. The molecule has 0 bridgehead atoms. The maximum absolute atomic E-state index is 12.6. The highest BCUT2D eigenvalue weighted by molar-refractivity contribution is 5.93. The summed E-state index contributed by atoms with van der Waals surface area (Å²) in [7, 11) is 3.63. The van der Waals surface area contributed by atoms with Gasteiger partial charge in [-0.05, 0) is 24.6 Å². The highest BCUT2D eigenvalue weighted by Gasteiger charge is 2.54. The van der Waals surface area contributed by atoms with Crippen LogP contribution in [-0.4, -0.2) is 53.1 Å². The molecule has 2 fully saturated rings. The molecule has 2 aromatic rings. The Morgan fingerprint density at radius 1 is 1.58 bits per heavy atom. The summed E-state index contributed by atoms with van der Waals surface area (Å²) in [6.45, 7) is 1.37. The monoisotopic (exact) mass is 330 g/mol. The second kappa shape index (κ2) is 6.07. The first-order valence-electron chi connectivity index (χ1n) is 8.27. The fourth-order valence-corrected chi connectivity index (χ4v) is 3.96. The lowest BCUT2D eigenvalue weighted by atomic mass is 9.67. The van der Waals surface area contributed by atoms with Crippen LogP contribution in [0.2, 0.25) is 0 Å². The second-order valence-electron chi connectivity index (χ2n) is 6.58. The number of H-pyrrole nitrogens is 1. The van der Waals surface area contributed by atoms with E-state index in [-0.39, 0.29) is 24.0 Å². The van der Waals surface area contributed by atoms with Crippen LogP contribution < -0.4 is 5.32 Å². The molecule has 2 N–H and O–H groups in total. The largest absolute Gasteiger partial charge is 0.384 e. The van der Waals surface area contributed by atoms with Gasteiger partial charge >= 0.3 is 0 Å². The number of hydrogen-bond donors (Lipinski definition) is 2. The summed E-state index contributed by atoms with van der Waals surface area (Å²) in [5.74, 6) is 0.491. The van der Waals surface area contributed by atoms with Crippen molar-refractivity contribution in [1.29, 1.82) is 0 Å². The molecule has 1 amide bonds. The summed E-state index contributed by atoms with van der Waals surface area (Å²) < 4.78 is 13.0. The predicted molar refractivity (Wildman–Crippen MR) is 87.5 cm³/mol. The van der Waals surface area contributed by atoms with E-state index in [9.17, 15) is 4.79 Å². The van der Waals surface area contributed by atoms with Crippen LogP contribution >= 0.6 is 0 Å². The first-order chi connectivity index (χ1) is 11.7. The molecule has 24 heavy (non-hydrogen) atoms. The maximum atomic E-state index is 12.6. The van der Waals surface area contributed by atoms with Crippen molar-refractivity contribution < 1.29 is 14.3 Å². The van der Waals surface area contributed by atoms with Crippen molar-refractivity contribution in [2.24, 2.45) is 18.9 Å². The third-order valence-corrected chi connectivity index (χ3v) is 5.21. The molecule has 7 heteroatoms. The molecule has 0 radical (unpaired) electrons. The standard InChI is InChI=1S/C17H22N4O3/c1-21-6-3-4-14(21)12-8-13(20-19-12)17(22)18-15-10-5-7-24-16(10)11(15)9-23-2/h3-4,6,8,10-11,15-16H,5,7,9H2,1-2H3,(H,18,22)(H,19,20)/t10-,11+,15+,16-/m0/s1. The zero-order valence-electron chi connectivity index (χ0n) is 13.9. The molecule has 1 saturated carbocycles. The number of carbonyl (C=O) groups is 1. The fourth-order valence-electron chi connectivity index (χ4n) is 3.96. The smallest absolute Gasteiger partial charge is 0.269 e. The Morgan fingerprint density at radius 3 is 3.21 bits per heavy atom. The van der Waals surface area contributed by atoms with Gasteiger partial charge in [0, 0.05) is 44.8 Å². The number of aromatic nitrogens is 3. The number of methoxy groups -OCH3 is 1. The van der Waals surface area contributed by atoms with Crippen LogP contribution in [0, 0.1) is 11.8 Å². The lowest BCUT2D eigenvalue weighted by Crippen LogP contribution is -2.62. The Bertz CT molecular complexity index is 738. The molecule has 0 spiro atoms. The van der Waals surface area contributed by atoms with Crippen LogP contribution in [0.15, 0.2) is 24.4 Å². The number of nitrogens with zero attached hydrogens (tertiary/aromatic N) is 2. The van der Waals surface area contributed by atoms with Crippen LogP contribution in [0.5, 0.6) is 0 Å². The van der Waals surface area contributed by atoms with Gasteiger partial charge in [0.1, 0.15) is 11.4 Å². The van der Waals surface area contributed by atoms with Crippen LogP contribution in [0.1, 0.15) is 16.9 Å². The highest BCUT2D eigenvalue weighted by atomic mass is 16.5. The average Bonchev–Trinajstić information content (AvgIpc) is 3.29. The number of aryl methyl sites for hydroxylation is 1. The van der Waals surface area contributed by atoms with Crippen LogP contribution in [-0.2, 0) is 16.5 Å². The van der Waals surface area contributed by atoms with E-state index in [1.165, 1.54) is 0 Å². The maximum Gasteiger partial charge on any atom is 0.269 e. The van der Waals surface area contributed by atoms with Crippen LogP contribution in [0.25, 0.3) is 11.4 Å². The van der Waals surface area contributed by atoms with Gasteiger partial charge in [0.15, 0.2) is 0 Å². The number of fused-ring (bicyclic) bond motifs is 1. The fraction of sp³-hybridized carbons (Fsp3) is 0.529. The predicted octanol–water partition coefficient (Wildman–Crippen LogP) is 1.19. The number of nitrogens with one attached hydrogen (secondary N) is 2. The molecule has 7 nitrogen and oxygen atoms in total. The van der Waals surface area contributed by atoms with Gasteiger partial charge in [0.05, 0.1) is 18.4 Å². The van der Waals surface area contributed by atoms with Crippen molar-refractivity contribution >= 4 is 5.91 Å². The van der Waals surface area contributed by atoms with Gasteiger partial charge in [-0.15, -0.1) is 0 Å². The minimum absolute atomic E-state index is 0.103. The molecule has 1 aliphatic carbocycles. The van der Waals surface area contributed by atoms with Gasteiger partial charge in [0.2, 0.25) is 0 Å². The third kappa shape index (κ3) is 2.44. The van der Waals surface area contributed by atoms with Crippen molar-refractivity contribution in [3.05, 3.63) is 30.1 Å². The average molecular weight is 330 g/mol. The molecule has 128 valence electrons. The van der Waals surface area contributed by atoms with Crippen molar-refractivity contribution in [1.82, 2.24) is 20.1 Å². The number of carbonyl (C=O) groups excluding carboxylic acids is 1. The van der Waals surface area contributed by atoms with Gasteiger partial charge in [-0.2, -0.15) is 5.10 Å². The number of ether oxygens (including phenoxy) is 2. The molecular weight excluding hydrogens is 308 g/mol. The Labute approximate surface area is 140 Å². The summed E-state index contributed by atoms with van der Waals surface area (Å²) in [4.78, 5) is 12.6. The van der Waals surface area contributed by atoms with E-state index in [0.29, 0.717) is 18.2 Å². The zero-order chi connectivity index (χ0) is 16.7. The van der Waals surface area contributed by atoms with Gasteiger partial charge < -0.3 is 19.4 Å². The molecule has 2 aromatic heterocycles. The molecule has 2 aliphatic rings. The summed E-state index contributed by atoms with van der Waals surface area (Å²) in [5.41, 5.74) is 2.21. The SMILES string of the molecule is COC[C@@H]1[C@H](NC(=O)c2cc(-c3cccn3C)n[nH]2)[C@@H]2CCO[C@H]12. The van der Waals surface area contributed by atoms with Crippen LogP contribution in [0.3, 0.4) is 0 Å². The van der Waals surface area contributed by atoms with E-state index in [1.807, 2.05) is 29.9 Å². The first-order valence-corrected chi connectivity index (χ1v) is 8.27. The molecule has 1 saturated heterocycles. The quantitative estimate of drug-likeness (QED) is 0.863. The summed E-state index contributed by atoms with van der Waals surface area (Å²) in [6.07, 6.45) is 3.16. The Kier molecular flexibility index (Phi) is 3.90. The van der Waals surface area contributed by atoms with Crippen molar-refractivity contribution in [3.63, 3.8) is 0 Å². The highest BCUT2D eigenvalue weighted by Crippen LogP contribution is 2.43. The molecule has 1 aliphatic heterocycles. The topological polar surface area (TPSA) is 81.2 Å². The molecule has 3 heterocycles. The lowest BCUT2D eigenvalue weighted by Gasteiger charge is -2.47. The van der Waals surface area contributed by atoms with Crippen molar-refractivity contribution in [2.75, 3.05) is 20.3 Å². The molecule has 0 aromatic carbocycles. The van der Waals surface area contributed by atoms with E-state index < -0.39 is 0 Å². The minimum Gasteiger partial charge on any atom is -0.384 e. The molecule has 4 rings (SSSR count). The van der Waals surface area contributed by atoms with E-state index in [2.05, 4.69) is 15.5 Å². The normalized spacial score (nSPS) is 28.4. The van der Waals surface area contributed by atoms with Gasteiger partial charge in [-0.25, -0.2) is 0 Å². The number of aromatic amines is 1. The van der Waals surface area contributed by atoms with E-state index in [0.717, 1.165) is 24.4 Å². The van der Waals surface area contributed by atoms with Gasteiger partial charge in [0.25, 0.3) is 5.91 Å². The Hall–Kier alpha value is -2.12. The third-order valence-electron chi connectivity index (χ3n) is 5.21. The summed E-state index contributed by atoms with van der Waals surface area (Å²) >= 11 is 0. The molecule has 4 atom stereocenters. The van der Waals surface area contributed by atoms with E-state index in [1.54, 1.807) is 13.2 Å². The van der Waals surface area contributed by atoms with Crippen molar-refractivity contribution in [2.45, 2.75) is 18.6 Å². The number of rotatable bonds is 5. The molecule has 0 unspecified atom stereocenters. The molecular formula is C17H22N4O3. The summed E-state index contributed by atoms with van der Waals surface area (Å²) in [6, 6.07) is 5.82.